The molecule has 0 nitrogen and oxygen atoms in total. The number of halogens is 3. The van der Waals surface area contributed by atoms with Crippen molar-refractivity contribution >= 4 is 31.3 Å². The topological polar surface area (TPSA) is 0 Å². The molecule has 0 amide bonds. The molecule has 0 aromatic rings. The Hall–Kier alpha value is 0.727. The van der Waals surface area contributed by atoms with Crippen LogP contribution >= 0.6 is 23.2 Å². The molecule has 0 aromatic heterocycles. The molecule has 0 aliphatic heterocycles. The fourth-order valence-electron chi connectivity index (χ4n) is 0.0583. The zero-order chi connectivity index (χ0) is 6.78. The van der Waals surface area contributed by atoms with Crippen LogP contribution < -0.4 is 0 Å². The standard InChI is InChI=1S/C4H9Cl2FSi/c1-8(2,3-7)4(5)6/h4H,3H2,1-2H3. The van der Waals surface area contributed by atoms with Crippen LogP contribution in [0, 0.1) is 0 Å². The minimum absolute atomic E-state index is 0.343. The first-order valence-corrected chi connectivity index (χ1v) is 6.50. The zero-order valence-electron chi connectivity index (χ0n) is 4.92. The van der Waals surface area contributed by atoms with Crippen molar-refractivity contribution in [3.8, 4) is 0 Å². The van der Waals surface area contributed by atoms with Gasteiger partial charge in [-0.1, -0.05) is 13.1 Å². The van der Waals surface area contributed by atoms with Crippen molar-refractivity contribution in [3.63, 3.8) is 0 Å². The summed E-state index contributed by atoms with van der Waals surface area (Å²) < 4.78 is 11.4. The van der Waals surface area contributed by atoms with E-state index in [0.717, 1.165) is 0 Å². The highest BCUT2D eigenvalue weighted by molar-refractivity contribution is 6.92. The molecule has 0 aliphatic rings. The average Bonchev–Trinajstić information content (AvgIpc) is 1.67. The second-order valence-electron chi connectivity index (χ2n) is 2.42. The molecule has 4 heteroatoms. The molecule has 0 N–H and O–H groups in total. The van der Waals surface area contributed by atoms with Crippen LogP contribution in [0.2, 0.25) is 13.1 Å². The summed E-state index contributed by atoms with van der Waals surface area (Å²) in [6, 6.07) is 0. The molecule has 0 fully saturated rings. The van der Waals surface area contributed by atoms with Gasteiger partial charge >= 0.3 is 0 Å². The summed E-state index contributed by atoms with van der Waals surface area (Å²) in [5, 5.41) is 0. The molecule has 50 valence electrons. The van der Waals surface area contributed by atoms with Gasteiger partial charge in [-0.2, -0.15) is 0 Å². The van der Waals surface area contributed by atoms with E-state index >= 15 is 0 Å². The van der Waals surface area contributed by atoms with Crippen molar-refractivity contribution in [2.45, 2.75) is 17.6 Å². The Labute approximate surface area is 60.0 Å². The summed E-state index contributed by atoms with van der Waals surface area (Å²) in [4.78, 5) is 0. The van der Waals surface area contributed by atoms with E-state index in [1.807, 2.05) is 13.1 Å². The van der Waals surface area contributed by atoms with Crippen molar-refractivity contribution in [1.29, 1.82) is 0 Å². The van der Waals surface area contributed by atoms with Gasteiger partial charge in [0.1, 0.15) is 12.5 Å². The van der Waals surface area contributed by atoms with E-state index in [2.05, 4.69) is 0 Å². The highest BCUT2D eigenvalue weighted by Crippen LogP contribution is 2.17. The fraction of sp³-hybridized carbons (Fsp3) is 1.00. The van der Waals surface area contributed by atoms with Gasteiger partial charge < -0.3 is 0 Å². The molecule has 0 atom stereocenters. The van der Waals surface area contributed by atoms with Crippen LogP contribution in [0.4, 0.5) is 4.39 Å². The monoisotopic (exact) mass is 174 g/mol. The van der Waals surface area contributed by atoms with Crippen LogP contribution in [0.3, 0.4) is 0 Å². The summed E-state index contributed by atoms with van der Waals surface area (Å²) in [5.74, 6) is 0. The number of rotatable bonds is 2. The molecule has 0 spiro atoms. The SMILES string of the molecule is C[Si](C)(CF)C(Cl)Cl. The molecular weight excluding hydrogens is 166 g/mol. The van der Waals surface area contributed by atoms with Crippen molar-refractivity contribution in [3.05, 3.63) is 0 Å². The van der Waals surface area contributed by atoms with Crippen molar-refractivity contribution < 1.29 is 4.39 Å². The Morgan fingerprint density at radius 3 is 1.88 bits per heavy atom. The molecule has 0 heterocycles. The third kappa shape index (κ3) is 2.33. The first-order valence-electron chi connectivity index (χ1n) is 2.35. The smallest absolute Gasteiger partial charge is 0.122 e. The van der Waals surface area contributed by atoms with E-state index < -0.39 is 12.5 Å². The molecule has 0 radical (unpaired) electrons. The van der Waals surface area contributed by atoms with Gasteiger partial charge in [-0.3, -0.25) is 4.39 Å². The van der Waals surface area contributed by atoms with E-state index in [-0.39, 0.29) is 6.30 Å². The maximum Gasteiger partial charge on any atom is 0.122 e. The molecule has 0 saturated heterocycles. The molecule has 0 saturated carbocycles. The van der Waals surface area contributed by atoms with Crippen molar-refractivity contribution in [1.82, 2.24) is 0 Å². The quantitative estimate of drug-likeness (QED) is 0.447. The summed E-state index contributed by atoms with van der Waals surface area (Å²) in [6.07, 6.45) is -0.343. The lowest BCUT2D eigenvalue weighted by molar-refractivity contribution is 0.581. The number of hydrogen-bond acceptors (Lipinski definition) is 0. The zero-order valence-corrected chi connectivity index (χ0v) is 7.43. The summed E-state index contributed by atoms with van der Waals surface area (Å²) >= 11 is 10.9. The van der Waals surface area contributed by atoms with Gasteiger partial charge in [0.15, 0.2) is 0 Å². The van der Waals surface area contributed by atoms with Crippen LogP contribution in [0.5, 0.6) is 0 Å². The van der Waals surface area contributed by atoms with Gasteiger partial charge in [0.05, 0.1) is 6.30 Å². The Bertz CT molecular complexity index is 74.4. The van der Waals surface area contributed by atoms with Crippen LogP contribution in [0.15, 0.2) is 0 Å². The van der Waals surface area contributed by atoms with E-state index in [1.165, 1.54) is 0 Å². The van der Waals surface area contributed by atoms with Crippen molar-refractivity contribution in [2.24, 2.45) is 0 Å². The predicted octanol–water partition coefficient (Wildman–Crippen LogP) is 2.55. The molecule has 0 unspecified atom stereocenters. The Kier molecular flexibility index (Phi) is 3.31. The van der Waals surface area contributed by atoms with Gasteiger partial charge in [0.2, 0.25) is 0 Å². The Morgan fingerprint density at radius 2 is 1.88 bits per heavy atom. The average molecular weight is 175 g/mol. The van der Waals surface area contributed by atoms with Crippen LogP contribution in [0.1, 0.15) is 0 Å². The predicted molar refractivity (Wildman–Crippen MR) is 39.0 cm³/mol. The molecule has 0 bridgehead atoms. The van der Waals surface area contributed by atoms with Gasteiger partial charge in [0.25, 0.3) is 0 Å². The number of hydrogen-bond donors (Lipinski definition) is 0. The third-order valence-electron chi connectivity index (χ3n) is 0.935. The van der Waals surface area contributed by atoms with Gasteiger partial charge in [-0.15, -0.1) is 23.2 Å². The van der Waals surface area contributed by atoms with Crippen molar-refractivity contribution in [2.75, 3.05) is 6.30 Å². The lowest BCUT2D eigenvalue weighted by Gasteiger charge is -2.17. The lowest BCUT2D eigenvalue weighted by atomic mass is 11.7. The molecule has 0 aromatic carbocycles. The maximum atomic E-state index is 11.9. The second kappa shape index (κ2) is 3.04. The Balaban J connectivity index is 3.71. The second-order valence-corrected chi connectivity index (χ2v) is 9.07. The molecule has 8 heavy (non-hydrogen) atoms. The van der Waals surface area contributed by atoms with E-state index in [1.54, 1.807) is 0 Å². The van der Waals surface area contributed by atoms with Crippen LogP contribution in [0.25, 0.3) is 0 Å². The minimum atomic E-state index is -1.89. The van der Waals surface area contributed by atoms with E-state index in [0.29, 0.717) is 0 Å². The van der Waals surface area contributed by atoms with Gasteiger partial charge in [-0.25, -0.2) is 0 Å². The normalized spacial score (nSPS) is 12.8. The molecule has 0 aliphatic carbocycles. The Morgan fingerprint density at radius 1 is 1.50 bits per heavy atom. The van der Waals surface area contributed by atoms with Gasteiger partial charge in [-0.05, 0) is 0 Å². The van der Waals surface area contributed by atoms with Gasteiger partial charge in [0, 0.05) is 0 Å². The van der Waals surface area contributed by atoms with E-state index in [4.69, 9.17) is 23.2 Å². The summed E-state index contributed by atoms with van der Waals surface area (Å²) in [6.45, 7) is 3.63. The fourth-order valence-corrected chi connectivity index (χ4v) is 0.525. The highest BCUT2D eigenvalue weighted by Gasteiger charge is 2.28. The molecule has 0 rings (SSSR count). The molecular formula is C4H9Cl2FSi. The largest absolute Gasteiger partial charge is 0.255 e. The first kappa shape index (κ1) is 8.73. The van der Waals surface area contributed by atoms with Crippen LogP contribution in [-0.2, 0) is 0 Å². The highest BCUT2D eigenvalue weighted by atomic mass is 35.5. The van der Waals surface area contributed by atoms with E-state index in [9.17, 15) is 4.39 Å². The maximum absolute atomic E-state index is 11.9. The lowest BCUT2D eigenvalue weighted by Crippen LogP contribution is -2.37. The first-order chi connectivity index (χ1) is 3.50. The van der Waals surface area contributed by atoms with Crippen LogP contribution in [-0.4, -0.2) is 18.8 Å². The summed E-state index contributed by atoms with van der Waals surface area (Å²) in [5.41, 5.74) is 0. The summed E-state index contributed by atoms with van der Waals surface area (Å²) in [7, 11) is -1.89. The minimum Gasteiger partial charge on any atom is -0.255 e. The third-order valence-corrected chi connectivity index (χ3v) is 6.35. The number of alkyl halides is 3.